The molecule has 0 spiro atoms. The zero-order valence-electron chi connectivity index (χ0n) is 15.0. The molecule has 1 heterocycles. The van der Waals surface area contributed by atoms with E-state index in [4.69, 9.17) is 9.47 Å². The second kappa shape index (κ2) is 8.43. The molecule has 1 unspecified atom stereocenters. The highest BCUT2D eigenvalue weighted by Crippen LogP contribution is 2.29. The van der Waals surface area contributed by atoms with E-state index in [0.717, 1.165) is 11.4 Å². The summed E-state index contributed by atoms with van der Waals surface area (Å²) < 4.78 is 12.4. The van der Waals surface area contributed by atoms with Crippen molar-refractivity contribution in [3.63, 3.8) is 0 Å². The minimum absolute atomic E-state index is 0.0571. The Bertz CT molecular complexity index is 727. The van der Waals surface area contributed by atoms with E-state index in [-0.39, 0.29) is 12.6 Å². The number of carbonyl (C=O) groups excluding carboxylic acids is 1. The predicted octanol–water partition coefficient (Wildman–Crippen LogP) is 1.88. The summed E-state index contributed by atoms with van der Waals surface area (Å²) in [7, 11) is 5.03. The van der Waals surface area contributed by atoms with Gasteiger partial charge in [-0.05, 0) is 37.3 Å². The van der Waals surface area contributed by atoms with Crippen molar-refractivity contribution in [2.45, 2.75) is 19.6 Å². The fourth-order valence-corrected chi connectivity index (χ4v) is 2.48. The summed E-state index contributed by atoms with van der Waals surface area (Å²) in [5.41, 5.74) is 2.68. The lowest BCUT2D eigenvalue weighted by Gasteiger charge is -2.17. The first-order valence-corrected chi connectivity index (χ1v) is 7.99. The minimum Gasteiger partial charge on any atom is -0.497 e. The third-order valence-corrected chi connectivity index (χ3v) is 4.16. The van der Waals surface area contributed by atoms with Crippen LogP contribution in [0.1, 0.15) is 23.1 Å². The van der Waals surface area contributed by atoms with Gasteiger partial charge < -0.3 is 29.8 Å². The highest BCUT2D eigenvalue weighted by Gasteiger charge is 2.15. The van der Waals surface area contributed by atoms with Gasteiger partial charge in [0.05, 0.1) is 20.8 Å². The third-order valence-electron chi connectivity index (χ3n) is 4.16. The molecule has 0 bridgehead atoms. The number of nitrogens with one attached hydrogen (secondary N) is 2. The van der Waals surface area contributed by atoms with Gasteiger partial charge in [-0.15, -0.1) is 0 Å². The molecule has 0 radical (unpaired) electrons. The van der Waals surface area contributed by atoms with Crippen LogP contribution in [0.4, 0.5) is 4.79 Å². The van der Waals surface area contributed by atoms with Crippen LogP contribution in [0, 0.1) is 6.92 Å². The van der Waals surface area contributed by atoms with Crippen LogP contribution in [-0.2, 0) is 13.6 Å². The topological polar surface area (TPSA) is 84.8 Å². The summed E-state index contributed by atoms with van der Waals surface area (Å²) in [5, 5.41) is 15.8. The lowest BCUT2D eigenvalue weighted by molar-refractivity contribution is 0.169. The van der Waals surface area contributed by atoms with E-state index in [1.54, 1.807) is 25.3 Å². The zero-order valence-corrected chi connectivity index (χ0v) is 15.0. The first kappa shape index (κ1) is 18.7. The average Bonchev–Trinajstić information content (AvgIpc) is 2.95. The molecule has 1 aromatic heterocycles. The van der Waals surface area contributed by atoms with Crippen molar-refractivity contribution in [3.05, 3.63) is 47.3 Å². The van der Waals surface area contributed by atoms with Crippen LogP contribution in [0.15, 0.2) is 30.3 Å². The number of nitrogens with zero attached hydrogens (tertiary/aromatic N) is 1. The molecule has 2 rings (SSSR count). The van der Waals surface area contributed by atoms with Gasteiger partial charge >= 0.3 is 6.03 Å². The van der Waals surface area contributed by atoms with Gasteiger partial charge in [-0.2, -0.15) is 0 Å². The molecule has 1 aromatic carbocycles. The van der Waals surface area contributed by atoms with Crippen LogP contribution in [0.3, 0.4) is 0 Å². The number of rotatable bonds is 7. The lowest BCUT2D eigenvalue weighted by Crippen LogP contribution is -2.37. The van der Waals surface area contributed by atoms with Crippen molar-refractivity contribution < 1.29 is 19.4 Å². The van der Waals surface area contributed by atoms with Crippen molar-refractivity contribution in [1.82, 2.24) is 15.2 Å². The molecule has 7 nitrogen and oxygen atoms in total. The largest absolute Gasteiger partial charge is 0.497 e. The molecule has 0 saturated heterocycles. The van der Waals surface area contributed by atoms with E-state index in [1.165, 1.54) is 7.11 Å². The molecule has 0 saturated carbocycles. The van der Waals surface area contributed by atoms with Crippen LogP contribution >= 0.6 is 0 Å². The second-order valence-electron chi connectivity index (χ2n) is 5.71. The van der Waals surface area contributed by atoms with Gasteiger partial charge in [0.15, 0.2) is 0 Å². The number of aryl methyl sites for hydroxylation is 1. The van der Waals surface area contributed by atoms with E-state index in [0.29, 0.717) is 23.6 Å². The van der Waals surface area contributed by atoms with Crippen molar-refractivity contribution in [1.29, 1.82) is 0 Å². The quantitative estimate of drug-likeness (QED) is 0.714. The minimum atomic E-state index is -0.909. The fraction of sp³-hybridized carbons (Fsp3) is 0.389. The van der Waals surface area contributed by atoms with Crippen LogP contribution in [0.5, 0.6) is 11.5 Å². The number of urea groups is 1. The summed E-state index contributed by atoms with van der Waals surface area (Å²) in [4.78, 5) is 11.9. The van der Waals surface area contributed by atoms with Crippen molar-refractivity contribution in [2.24, 2.45) is 7.05 Å². The summed E-state index contributed by atoms with van der Waals surface area (Å²) in [6.45, 7) is 2.47. The number of aliphatic hydroxyl groups excluding tert-OH is 1. The molecular weight excluding hydrogens is 322 g/mol. The number of ether oxygens (including phenoxy) is 2. The van der Waals surface area contributed by atoms with E-state index in [9.17, 15) is 9.90 Å². The molecule has 7 heteroatoms. The number of benzene rings is 1. The second-order valence-corrected chi connectivity index (χ2v) is 5.71. The van der Waals surface area contributed by atoms with E-state index in [1.807, 2.05) is 30.7 Å². The Labute approximate surface area is 147 Å². The zero-order chi connectivity index (χ0) is 18.4. The number of aliphatic hydroxyl groups is 1. The summed E-state index contributed by atoms with van der Waals surface area (Å²) in [6, 6.07) is 8.77. The van der Waals surface area contributed by atoms with Crippen LogP contribution in [-0.4, -0.2) is 36.5 Å². The molecule has 3 N–H and O–H groups in total. The van der Waals surface area contributed by atoms with Gasteiger partial charge in [0.1, 0.15) is 17.6 Å². The Morgan fingerprint density at radius 1 is 1.20 bits per heavy atom. The number of aromatic nitrogens is 1. The van der Waals surface area contributed by atoms with Crippen LogP contribution in [0.25, 0.3) is 0 Å². The Hall–Kier alpha value is -2.67. The maximum atomic E-state index is 11.9. The molecule has 0 aliphatic rings. The molecule has 136 valence electrons. The highest BCUT2D eigenvalue weighted by atomic mass is 16.5. The van der Waals surface area contributed by atoms with Gasteiger partial charge in [-0.25, -0.2) is 4.79 Å². The molecule has 0 aliphatic heterocycles. The first-order valence-electron chi connectivity index (χ1n) is 7.99. The fourth-order valence-electron chi connectivity index (χ4n) is 2.48. The van der Waals surface area contributed by atoms with Crippen molar-refractivity contribution >= 4 is 6.03 Å². The maximum absolute atomic E-state index is 11.9. The van der Waals surface area contributed by atoms with Gasteiger partial charge in [0.25, 0.3) is 0 Å². The smallest absolute Gasteiger partial charge is 0.315 e. The standard InChI is InChI=1S/C18H25N3O4/c1-12-5-6-13(21(12)2)10-19-18(23)20-11-16(22)15-9-14(24-3)7-8-17(15)25-4/h5-9,16,22H,10-11H2,1-4H3,(H2,19,20,23). The molecular formula is C18H25N3O4. The van der Waals surface area contributed by atoms with E-state index >= 15 is 0 Å². The summed E-state index contributed by atoms with van der Waals surface area (Å²) in [6.07, 6.45) is -0.909. The van der Waals surface area contributed by atoms with Crippen molar-refractivity contribution in [3.8, 4) is 11.5 Å². The van der Waals surface area contributed by atoms with Crippen LogP contribution < -0.4 is 20.1 Å². The first-order chi connectivity index (χ1) is 12.0. The normalized spacial score (nSPS) is 11.7. The molecule has 1 atom stereocenters. The SMILES string of the molecule is COc1ccc(OC)c(C(O)CNC(=O)NCc2ccc(C)n2C)c1. The number of hydrogen-bond acceptors (Lipinski definition) is 4. The Morgan fingerprint density at radius 3 is 2.56 bits per heavy atom. The van der Waals surface area contributed by atoms with E-state index in [2.05, 4.69) is 10.6 Å². The molecule has 0 fully saturated rings. The lowest BCUT2D eigenvalue weighted by atomic mass is 10.1. The van der Waals surface area contributed by atoms with Gasteiger partial charge in [-0.1, -0.05) is 0 Å². The number of hydrogen-bond donors (Lipinski definition) is 3. The summed E-state index contributed by atoms with van der Waals surface area (Å²) >= 11 is 0. The molecule has 25 heavy (non-hydrogen) atoms. The number of amides is 2. The van der Waals surface area contributed by atoms with E-state index < -0.39 is 6.10 Å². The predicted molar refractivity (Wildman–Crippen MR) is 94.9 cm³/mol. The molecule has 2 aromatic rings. The van der Waals surface area contributed by atoms with Gasteiger partial charge in [0, 0.05) is 30.5 Å². The monoisotopic (exact) mass is 347 g/mol. The number of carbonyl (C=O) groups is 1. The molecule has 0 aliphatic carbocycles. The third kappa shape index (κ3) is 4.67. The molecule has 2 amide bonds. The number of methoxy groups -OCH3 is 2. The Balaban J connectivity index is 1.89. The average molecular weight is 347 g/mol. The highest BCUT2D eigenvalue weighted by molar-refractivity contribution is 5.73. The summed E-state index contributed by atoms with van der Waals surface area (Å²) in [5.74, 6) is 1.15. The maximum Gasteiger partial charge on any atom is 0.315 e. The van der Waals surface area contributed by atoms with Crippen molar-refractivity contribution in [2.75, 3.05) is 20.8 Å². The Morgan fingerprint density at radius 2 is 1.96 bits per heavy atom. The van der Waals surface area contributed by atoms with Gasteiger partial charge in [0.2, 0.25) is 0 Å². The van der Waals surface area contributed by atoms with Crippen LogP contribution in [0.2, 0.25) is 0 Å². The van der Waals surface area contributed by atoms with Gasteiger partial charge in [-0.3, -0.25) is 0 Å². The Kier molecular flexibility index (Phi) is 6.30.